The number of likely N-dealkylation sites (tertiary alicyclic amines) is 1. The van der Waals surface area contributed by atoms with E-state index in [0.717, 1.165) is 48.2 Å². The third kappa shape index (κ3) is 6.12. The average molecular weight is 420 g/mol. The lowest BCUT2D eigenvalue weighted by Crippen LogP contribution is -2.51. The van der Waals surface area contributed by atoms with Gasteiger partial charge in [-0.2, -0.15) is 5.26 Å². The number of hydrogen-bond donors (Lipinski definition) is 2. The van der Waals surface area contributed by atoms with Gasteiger partial charge in [-0.05, 0) is 57.0 Å². The number of nitrogens with one attached hydrogen (secondary N) is 2. The van der Waals surface area contributed by atoms with Crippen molar-refractivity contribution in [2.24, 2.45) is 0 Å². The number of benzene rings is 1. The van der Waals surface area contributed by atoms with Crippen LogP contribution in [0.5, 0.6) is 0 Å². The van der Waals surface area contributed by atoms with Crippen LogP contribution in [0.3, 0.4) is 0 Å². The molecule has 0 spiro atoms. The Bertz CT molecular complexity index is 928. The minimum atomic E-state index is -0.774. The van der Waals surface area contributed by atoms with Crippen LogP contribution in [0.2, 0.25) is 0 Å². The van der Waals surface area contributed by atoms with Gasteiger partial charge in [0.25, 0.3) is 0 Å². The van der Waals surface area contributed by atoms with Crippen molar-refractivity contribution < 1.29 is 9.59 Å². The molecule has 0 saturated carbocycles. The average Bonchev–Trinajstić information content (AvgIpc) is 3.26. The van der Waals surface area contributed by atoms with Crippen molar-refractivity contribution in [1.82, 2.24) is 20.5 Å². The number of nitriles is 1. The fourth-order valence-electron chi connectivity index (χ4n) is 4.20. The van der Waals surface area contributed by atoms with Crippen LogP contribution < -0.4 is 10.6 Å². The molecule has 2 N–H and O–H groups in total. The zero-order valence-corrected chi connectivity index (χ0v) is 18.1. The van der Waals surface area contributed by atoms with E-state index in [2.05, 4.69) is 26.6 Å². The van der Waals surface area contributed by atoms with Gasteiger partial charge in [0, 0.05) is 18.8 Å². The van der Waals surface area contributed by atoms with E-state index < -0.39 is 12.1 Å². The molecule has 7 heteroatoms. The van der Waals surface area contributed by atoms with E-state index in [1.54, 1.807) is 12.4 Å². The van der Waals surface area contributed by atoms with Crippen molar-refractivity contribution in [2.45, 2.75) is 45.2 Å². The van der Waals surface area contributed by atoms with E-state index >= 15 is 0 Å². The summed E-state index contributed by atoms with van der Waals surface area (Å²) >= 11 is 0. The van der Waals surface area contributed by atoms with Crippen molar-refractivity contribution in [3.8, 4) is 6.07 Å². The molecule has 2 aromatic rings. The Kier molecular flexibility index (Phi) is 7.74. The zero-order valence-electron chi connectivity index (χ0n) is 18.1. The first kappa shape index (κ1) is 22.4. The van der Waals surface area contributed by atoms with Gasteiger partial charge in [-0.3, -0.25) is 19.5 Å². The van der Waals surface area contributed by atoms with Crippen molar-refractivity contribution in [3.05, 3.63) is 65.0 Å². The van der Waals surface area contributed by atoms with Crippen LogP contribution in [-0.2, 0) is 16.0 Å². The second-order valence-electron chi connectivity index (χ2n) is 8.07. The number of aromatic nitrogens is 1. The zero-order chi connectivity index (χ0) is 22.2. The van der Waals surface area contributed by atoms with Gasteiger partial charge in [-0.15, -0.1) is 0 Å². The van der Waals surface area contributed by atoms with E-state index in [1.165, 1.54) is 0 Å². The predicted molar refractivity (Wildman–Crippen MR) is 118 cm³/mol. The van der Waals surface area contributed by atoms with Crippen molar-refractivity contribution in [3.63, 3.8) is 0 Å². The van der Waals surface area contributed by atoms with Crippen LogP contribution in [0, 0.1) is 25.2 Å². The summed E-state index contributed by atoms with van der Waals surface area (Å²) in [7, 11) is 0. The number of nitrogens with zero attached hydrogens (tertiary/aromatic N) is 3. The Hall–Kier alpha value is -3.24. The smallest absolute Gasteiger partial charge is 0.243 e. The first-order valence-electron chi connectivity index (χ1n) is 10.6. The van der Waals surface area contributed by atoms with Crippen LogP contribution in [-0.4, -0.2) is 47.4 Å². The Balaban J connectivity index is 1.84. The number of carbonyl (C=O) groups is 2. The molecule has 0 aliphatic carbocycles. The first-order chi connectivity index (χ1) is 15.0. The molecule has 2 heterocycles. The molecular weight excluding hydrogens is 390 g/mol. The maximum Gasteiger partial charge on any atom is 0.243 e. The summed E-state index contributed by atoms with van der Waals surface area (Å²) in [6.45, 7) is 5.57. The van der Waals surface area contributed by atoms with Crippen LogP contribution in [0.4, 0.5) is 0 Å². The van der Waals surface area contributed by atoms with Gasteiger partial charge < -0.3 is 10.6 Å². The lowest BCUT2D eigenvalue weighted by molar-refractivity contribution is -0.131. The monoisotopic (exact) mass is 419 g/mol. The van der Waals surface area contributed by atoms with E-state index in [1.807, 2.05) is 44.2 Å². The molecule has 0 radical (unpaired) electrons. The quantitative estimate of drug-likeness (QED) is 0.639. The molecule has 2 atom stereocenters. The third-order valence-corrected chi connectivity index (χ3v) is 5.45. The number of hydrogen-bond acceptors (Lipinski definition) is 5. The number of aryl methyl sites for hydroxylation is 2. The Labute approximate surface area is 183 Å². The largest absolute Gasteiger partial charge is 0.342 e. The molecule has 1 aromatic heterocycles. The molecule has 1 unspecified atom stereocenters. The molecule has 1 fully saturated rings. The van der Waals surface area contributed by atoms with Crippen LogP contribution >= 0.6 is 0 Å². The maximum atomic E-state index is 13.4. The highest BCUT2D eigenvalue weighted by molar-refractivity contribution is 5.90. The highest BCUT2D eigenvalue weighted by Gasteiger charge is 2.32. The van der Waals surface area contributed by atoms with Crippen LogP contribution in [0.25, 0.3) is 0 Å². The highest BCUT2D eigenvalue weighted by Crippen LogP contribution is 2.25. The molecule has 7 nitrogen and oxygen atoms in total. The number of carbonyl (C=O) groups excluding carboxylic acids is 2. The van der Waals surface area contributed by atoms with Crippen molar-refractivity contribution in [2.75, 3.05) is 19.6 Å². The van der Waals surface area contributed by atoms with Gasteiger partial charge in [0.05, 0.1) is 6.07 Å². The molecule has 1 aliphatic rings. The molecule has 0 bridgehead atoms. The van der Waals surface area contributed by atoms with E-state index in [-0.39, 0.29) is 18.4 Å². The lowest BCUT2D eigenvalue weighted by Gasteiger charge is -2.28. The molecule has 2 amide bonds. The summed E-state index contributed by atoms with van der Waals surface area (Å²) < 4.78 is 0. The van der Waals surface area contributed by atoms with E-state index in [9.17, 15) is 9.59 Å². The molecule has 31 heavy (non-hydrogen) atoms. The fraction of sp³-hybridized carbons (Fsp3) is 0.417. The summed E-state index contributed by atoms with van der Waals surface area (Å²) in [6.07, 6.45) is 5.82. The van der Waals surface area contributed by atoms with Gasteiger partial charge in [0.2, 0.25) is 11.8 Å². The molecule has 1 aromatic carbocycles. The lowest BCUT2D eigenvalue weighted by atomic mass is 9.99. The minimum Gasteiger partial charge on any atom is -0.342 e. The van der Waals surface area contributed by atoms with E-state index in [0.29, 0.717) is 6.42 Å². The SMILES string of the molecule is Cc1cc(C)cc(C[C@H](NC(=O)C(c2cccnc2)N2CCCC2)C(=O)NCC#N)c1. The predicted octanol–water partition coefficient (Wildman–Crippen LogP) is 2.20. The standard InChI is InChI=1S/C24H29N5O2/c1-17-12-18(2)14-19(13-17)15-21(23(30)27-9-7-25)28-24(31)22(29-10-3-4-11-29)20-6-5-8-26-16-20/h5-6,8,12-14,16,21-22H,3-4,9-11,15H2,1-2H3,(H,27,30)(H,28,31)/t21-,22?/m0/s1. The van der Waals surface area contributed by atoms with Crippen LogP contribution in [0.1, 0.15) is 41.1 Å². The second kappa shape index (κ2) is 10.7. The molecule has 3 rings (SSSR count). The number of pyridine rings is 1. The van der Waals surface area contributed by atoms with Crippen molar-refractivity contribution >= 4 is 11.8 Å². The third-order valence-electron chi connectivity index (χ3n) is 5.45. The van der Waals surface area contributed by atoms with Gasteiger partial charge in [-0.25, -0.2) is 0 Å². The van der Waals surface area contributed by atoms with Gasteiger partial charge >= 0.3 is 0 Å². The Morgan fingerprint density at radius 1 is 1.16 bits per heavy atom. The molecule has 162 valence electrons. The number of rotatable bonds is 8. The second-order valence-corrected chi connectivity index (χ2v) is 8.07. The summed E-state index contributed by atoms with van der Waals surface area (Å²) in [4.78, 5) is 32.5. The van der Waals surface area contributed by atoms with Crippen LogP contribution in [0.15, 0.2) is 42.7 Å². The minimum absolute atomic E-state index is 0.101. The van der Waals surface area contributed by atoms with E-state index in [4.69, 9.17) is 5.26 Å². The highest BCUT2D eigenvalue weighted by atomic mass is 16.2. The summed E-state index contributed by atoms with van der Waals surface area (Å²) in [5.74, 6) is -0.586. The Morgan fingerprint density at radius 3 is 2.48 bits per heavy atom. The molecule has 1 aliphatic heterocycles. The van der Waals surface area contributed by atoms with Crippen molar-refractivity contribution in [1.29, 1.82) is 5.26 Å². The van der Waals surface area contributed by atoms with Gasteiger partial charge in [-0.1, -0.05) is 35.4 Å². The molecule has 1 saturated heterocycles. The van der Waals surface area contributed by atoms with Gasteiger partial charge in [0.1, 0.15) is 18.6 Å². The maximum absolute atomic E-state index is 13.4. The summed E-state index contributed by atoms with van der Waals surface area (Å²) in [6, 6.07) is 10.5. The summed E-state index contributed by atoms with van der Waals surface area (Å²) in [5, 5.41) is 14.4. The Morgan fingerprint density at radius 2 is 1.87 bits per heavy atom. The number of amides is 2. The normalized spacial score (nSPS) is 15.6. The molecular formula is C24H29N5O2. The first-order valence-corrected chi connectivity index (χ1v) is 10.6. The van der Waals surface area contributed by atoms with Gasteiger partial charge in [0.15, 0.2) is 0 Å². The topological polar surface area (TPSA) is 98.1 Å². The summed E-state index contributed by atoms with van der Waals surface area (Å²) in [5.41, 5.74) is 3.98. The fourth-order valence-corrected chi connectivity index (χ4v) is 4.20.